The summed E-state index contributed by atoms with van der Waals surface area (Å²) in [5, 5.41) is 2.47. The van der Waals surface area contributed by atoms with Gasteiger partial charge in [0.25, 0.3) is 0 Å². The fourth-order valence-corrected chi connectivity index (χ4v) is 4.43. The zero-order valence-electron chi connectivity index (χ0n) is 16.0. The van der Waals surface area contributed by atoms with Crippen molar-refractivity contribution in [2.24, 2.45) is 0 Å². The molecular formula is C27H20N2. The lowest BCUT2D eigenvalue weighted by Gasteiger charge is -2.17. The number of benzene rings is 4. The SMILES string of the molecule is C1=C(c2nc3cc4ccccc4cc3n2-c2ccccc2)CCc2ccccc21. The van der Waals surface area contributed by atoms with E-state index < -0.39 is 0 Å². The third-order valence-electron chi connectivity index (χ3n) is 5.87. The minimum atomic E-state index is 1.01. The van der Waals surface area contributed by atoms with Crippen LogP contribution in [0, 0.1) is 0 Å². The van der Waals surface area contributed by atoms with Gasteiger partial charge in [0.05, 0.1) is 11.0 Å². The minimum absolute atomic E-state index is 1.01. The predicted octanol–water partition coefficient (Wildman–Crippen LogP) is 6.67. The van der Waals surface area contributed by atoms with Crippen LogP contribution >= 0.6 is 0 Å². The van der Waals surface area contributed by atoms with Crippen LogP contribution in [-0.2, 0) is 6.42 Å². The molecule has 1 aromatic heterocycles. The zero-order valence-corrected chi connectivity index (χ0v) is 16.0. The van der Waals surface area contributed by atoms with Crippen LogP contribution in [0.15, 0.2) is 91.0 Å². The van der Waals surface area contributed by atoms with Crippen molar-refractivity contribution in [3.05, 3.63) is 108 Å². The molecule has 0 atom stereocenters. The van der Waals surface area contributed by atoms with Crippen LogP contribution in [0.4, 0.5) is 0 Å². The zero-order chi connectivity index (χ0) is 19.2. The van der Waals surface area contributed by atoms with Gasteiger partial charge in [0.15, 0.2) is 0 Å². The van der Waals surface area contributed by atoms with Gasteiger partial charge in [0, 0.05) is 5.69 Å². The molecule has 6 rings (SSSR count). The lowest BCUT2D eigenvalue weighted by molar-refractivity contribution is 0.957. The van der Waals surface area contributed by atoms with Gasteiger partial charge in [-0.3, -0.25) is 4.57 Å². The topological polar surface area (TPSA) is 17.8 Å². The average Bonchev–Trinajstić information content (AvgIpc) is 3.16. The lowest BCUT2D eigenvalue weighted by Crippen LogP contribution is -2.05. The number of aromatic nitrogens is 2. The molecule has 138 valence electrons. The molecule has 0 spiro atoms. The predicted molar refractivity (Wildman–Crippen MR) is 121 cm³/mol. The number of imidazole rings is 1. The van der Waals surface area contributed by atoms with E-state index >= 15 is 0 Å². The van der Waals surface area contributed by atoms with E-state index in [1.165, 1.54) is 27.5 Å². The van der Waals surface area contributed by atoms with Crippen molar-refractivity contribution < 1.29 is 0 Å². The van der Waals surface area contributed by atoms with Crippen molar-refractivity contribution in [2.45, 2.75) is 12.8 Å². The lowest BCUT2D eigenvalue weighted by atomic mass is 9.92. The maximum Gasteiger partial charge on any atom is 0.141 e. The molecule has 0 N–H and O–H groups in total. The number of rotatable bonds is 2. The molecule has 0 aliphatic heterocycles. The summed E-state index contributed by atoms with van der Waals surface area (Å²) in [5.41, 5.74) is 7.38. The van der Waals surface area contributed by atoms with Gasteiger partial charge in [-0.25, -0.2) is 4.98 Å². The van der Waals surface area contributed by atoms with Gasteiger partial charge in [-0.05, 0) is 70.7 Å². The molecule has 2 nitrogen and oxygen atoms in total. The van der Waals surface area contributed by atoms with Gasteiger partial charge in [0.2, 0.25) is 0 Å². The van der Waals surface area contributed by atoms with Crippen LogP contribution in [0.3, 0.4) is 0 Å². The van der Waals surface area contributed by atoms with Gasteiger partial charge >= 0.3 is 0 Å². The number of nitrogens with zero attached hydrogens (tertiary/aromatic N) is 2. The Balaban J connectivity index is 1.66. The first kappa shape index (κ1) is 16.3. The minimum Gasteiger partial charge on any atom is -0.293 e. The van der Waals surface area contributed by atoms with Crippen molar-refractivity contribution in [2.75, 3.05) is 0 Å². The van der Waals surface area contributed by atoms with Crippen molar-refractivity contribution >= 4 is 33.5 Å². The maximum absolute atomic E-state index is 5.13. The van der Waals surface area contributed by atoms with Crippen LogP contribution in [-0.4, -0.2) is 9.55 Å². The molecule has 1 aliphatic carbocycles. The van der Waals surface area contributed by atoms with Crippen LogP contribution in [0.5, 0.6) is 0 Å². The van der Waals surface area contributed by atoms with Crippen LogP contribution in [0.2, 0.25) is 0 Å². The Kier molecular flexibility index (Phi) is 3.63. The van der Waals surface area contributed by atoms with Gasteiger partial charge in [0.1, 0.15) is 5.82 Å². The van der Waals surface area contributed by atoms with Gasteiger partial charge in [-0.1, -0.05) is 66.7 Å². The Hall–Kier alpha value is -3.65. The molecular weight excluding hydrogens is 352 g/mol. The highest BCUT2D eigenvalue weighted by atomic mass is 15.1. The summed E-state index contributed by atoms with van der Waals surface area (Å²) in [7, 11) is 0. The molecule has 2 heteroatoms. The Morgan fingerprint density at radius 2 is 1.41 bits per heavy atom. The molecule has 1 heterocycles. The average molecular weight is 372 g/mol. The number of hydrogen-bond donors (Lipinski definition) is 0. The van der Waals surface area contributed by atoms with E-state index in [4.69, 9.17) is 4.98 Å². The van der Waals surface area contributed by atoms with E-state index in [-0.39, 0.29) is 0 Å². The molecule has 0 saturated carbocycles. The Labute approximate surface area is 169 Å². The molecule has 29 heavy (non-hydrogen) atoms. The largest absolute Gasteiger partial charge is 0.293 e. The molecule has 0 unspecified atom stereocenters. The highest BCUT2D eigenvalue weighted by molar-refractivity contribution is 5.98. The highest BCUT2D eigenvalue weighted by Gasteiger charge is 2.19. The van der Waals surface area contributed by atoms with E-state index in [1.807, 2.05) is 0 Å². The van der Waals surface area contributed by atoms with Crippen LogP contribution < -0.4 is 0 Å². The van der Waals surface area contributed by atoms with Crippen LogP contribution in [0.25, 0.3) is 39.1 Å². The summed E-state index contributed by atoms with van der Waals surface area (Å²) in [6, 6.07) is 32.3. The normalized spacial score (nSPS) is 13.4. The van der Waals surface area contributed by atoms with Gasteiger partial charge in [-0.15, -0.1) is 0 Å². The fraction of sp³-hybridized carbons (Fsp3) is 0.0741. The number of hydrogen-bond acceptors (Lipinski definition) is 1. The molecule has 4 aromatic carbocycles. The summed E-state index contributed by atoms with van der Waals surface area (Å²) in [4.78, 5) is 5.13. The van der Waals surface area contributed by atoms with Crippen molar-refractivity contribution in [1.82, 2.24) is 9.55 Å². The Morgan fingerprint density at radius 1 is 0.690 bits per heavy atom. The molecule has 0 saturated heterocycles. The summed E-state index contributed by atoms with van der Waals surface area (Å²) in [5.74, 6) is 1.05. The molecule has 0 fully saturated rings. The fourth-order valence-electron chi connectivity index (χ4n) is 4.43. The summed E-state index contributed by atoms with van der Waals surface area (Å²) >= 11 is 0. The summed E-state index contributed by atoms with van der Waals surface area (Å²) in [6.07, 6.45) is 4.38. The number of para-hydroxylation sites is 1. The van der Waals surface area contributed by atoms with Gasteiger partial charge < -0.3 is 0 Å². The summed E-state index contributed by atoms with van der Waals surface area (Å²) < 4.78 is 2.32. The first-order valence-electron chi connectivity index (χ1n) is 10.1. The van der Waals surface area contributed by atoms with E-state index in [2.05, 4.69) is 102 Å². The van der Waals surface area contributed by atoms with Crippen LogP contribution in [0.1, 0.15) is 23.4 Å². The second-order valence-corrected chi connectivity index (χ2v) is 7.66. The third kappa shape index (κ3) is 2.68. The summed E-state index contributed by atoms with van der Waals surface area (Å²) in [6.45, 7) is 0. The van der Waals surface area contributed by atoms with E-state index in [1.54, 1.807) is 0 Å². The molecule has 0 bridgehead atoms. The highest BCUT2D eigenvalue weighted by Crippen LogP contribution is 2.34. The monoisotopic (exact) mass is 372 g/mol. The van der Waals surface area contributed by atoms with Crippen molar-refractivity contribution in [3.8, 4) is 5.69 Å². The quantitative estimate of drug-likeness (QED) is 0.338. The Bertz CT molecular complexity index is 1390. The molecule has 0 amide bonds. The number of allylic oxidation sites excluding steroid dienone is 1. The first-order chi connectivity index (χ1) is 14.4. The Morgan fingerprint density at radius 3 is 2.28 bits per heavy atom. The number of aryl methyl sites for hydroxylation is 1. The van der Waals surface area contributed by atoms with Gasteiger partial charge in [-0.2, -0.15) is 0 Å². The molecule has 0 radical (unpaired) electrons. The third-order valence-corrected chi connectivity index (χ3v) is 5.87. The second-order valence-electron chi connectivity index (χ2n) is 7.66. The standard InChI is InChI=1S/C27H20N2/c1-2-12-24(13-3-1)29-26-18-22-11-7-6-10-21(22)17-25(26)28-27(29)23-15-14-19-8-4-5-9-20(19)16-23/h1-13,16-18H,14-15H2. The van der Waals surface area contributed by atoms with E-state index in [0.29, 0.717) is 0 Å². The van der Waals surface area contributed by atoms with E-state index in [0.717, 1.165) is 35.4 Å². The molecule has 1 aliphatic rings. The maximum atomic E-state index is 5.13. The van der Waals surface area contributed by atoms with Crippen molar-refractivity contribution in [1.29, 1.82) is 0 Å². The smallest absolute Gasteiger partial charge is 0.141 e. The number of fused-ring (bicyclic) bond motifs is 3. The van der Waals surface area contributed by atoms with Crippen molar-refractivity contribution in [3.63, 3.8) is 0 Å². The van der Waals surface area contributed by atoms with E-state index in [9.17, 15) is 0 Å². The second kappa shape index (κ2) is 6.46. The molecule has 5 aromatic rings. The first-order valence-corrected chi connectivity index (χ1v) is 10.1.